The van der Waals surface area contributed by atoms with Crippen molar-refractivity contribution in [2.45, 2.75) is 0 Å². The van der Waals surface area contributed by atoms with Crippen LogP contribution in [0.3, 0.4) is 0 Å². The number of para-hydroxylation sites is 3. The fourth-order valence-corrected chi connectivity index (χ4v) is 7.05. The number of rotatable bonds is 5. The van der Waals surface area contributed by atoms with E-state index in [1.54, 1.807) is 0 Å². The second kappa shape index (κ2) is 11.4. The van der Waals surface area contributed by atoms with E-state index in [1.165, 1.54) is 0 Å². The zero-order valence-electron chi connectivity index (χ0n) is 26.7. The van der Waals surface area contributed by atoms with E-state index in [0.29, 0.717) is 17.5 Å². The molecular weight excluding hydrogens is 615 g/mol. The fraction of sp³-hybridized carbons (Fsp3) is 0. The number of hydrogen-bond donors (Lipinski definition) is 0. The molecule has 0 aliphatic heterocycles. The lowest BCUT2D eigenvalue weighted by Gasteiger charge is -2.13. The van der Waals surface area contributed by atoms with E-state index in [0.717, 1.165) is 82.8 Å². The third-order valence-electron chi connectivity index (χ3n) is 9.37. The fourth-order valence-electron chi connectivity index (χ4n) is 7.05. The van der Waals surface area contributed by atoms with Crippen molar-refractivity contribution in [1.82, 2.24) is 15.0 Å². The zero-order chi connectivity index (χ0) is 33.0. The van der Waals surface area contributed by atoms with Gasteiger partial charge < -0.3 is 8.83 Å². The summed E-state index contributed by atoms with van der Waals surface area (Å²) in [7, 11) is 0. The topological polar surface area (TPSA) is 65.0 Å². The normalized spacial score (nSPS) is 11.6. The van der Waals surface area contributed by atoms with Crippen LogP contribution in [-0.4, -0.2) is 15.0 Å². The number of benzene rings is 7. The molecule has 10 rings (SSSR count). The summed E-state index contributed by atoms with van der Waals surface area (Å²) >= 11 is 0. The van der Waals surface area contributed by atoms with Crippen LogP contribution in [0, 0.1) is 0 Å². The van der Waals surface area contributed by atoms with E-state index in [-0.39, 0.29) is 0 Å². The molecule has 3 aromatic heterocycles. The standard InChI is InChI=1S/C45H27N3O2/c1-2-13-28(14-3-1)29-15-10-16-30(27-29)31-17-4-5-19-34(31)43-46-44(36-22-12-26-40-41(36)35-20-7-9-25-39(35)49-40)48-45(47-43)37-23-11-21-33-32-18-6-8-24-38(32)50-42(33)37/h1-27H. The highest BCUT2D eigenvalue weighted by Gasteiger charge is 2.21. The molecule has 0 aliphatic carbocycles. The smallest absolute Gasteiger partial charge is 0.167 e. The average molecular weight is 642 g/mol. The minimum absolute atomic E-state index is 0.535. The first kappa shape index (κ1) is 28.2. The molecular formula is C45H27N3O2. The van der Waals surface area contributed by atoms with Gasteiger partial charge in [-0.25, -0.2) is 15.0 Å². The molecule has 0 unspecified atom stereocenters. The average Bonchev–Trinajstić information content (AvgIpc) is 3.77. The molecule has 0 aliphatic rings. The molecule has 0 saturated carbocycles. The van der Waals surface area contributed by atoms with E-state index in [9.17, 15) is 0 Å². The third-order valence-corrected chi connectivity index (χ3v) is 9.37. The summed E-state index contributed by atoms with van der Waals surface area (Å²) in [5.74, 6) is 1.67. The van der Waals surface area contributed by atoms with Crippen molar-refractivity contribution in [2.75, 3.05) is 0 Å². The Bertz CT molecular complexity index is 2890. The lowest BCUT2D eigenvalue weighted by Crippen LogP contribution is -2.01. The van der Waals surface area contributed by atoms with Crippen molar-refractivity contribution in [3.05, 3.63) is 164 Å². The molecule has 0 amide bonds. The molecule has 0 saturated heterocycles. The van der Waals surface area contributed by atoms with Crippen LogP contribution in [0.1, 0.15) is 0 Å². The van der Waals surface area contributed by atoms with Gasteiger partial charge in [0.1, 0.15) is 22.3 Å². The number of nitrogens with zero attached hydrogens (tertiary/aromatic N) is 3. The predicted molar refractivity (Wildman–Crippen MR) is 202 cm³/mol. The number of aromatic nitrogens is 3. The number of furan rings is 2. The SMILES string of the molecule is c1ccc(-c2cccc(-c3ccccc3-c3nc(-c4cccc5c4oc4ccccc45)nc(-c4cccc5oc6ccccc6c45)n3)c2)cc1. The molecule has 3 heterocycles. The van der Waals surface area contributed by atoms with Gasteiger partial charge in [-0.15, -0.1) is 0 Å². The summed E-state index contributed by atoms with van der Waals surface area (Å²) in [6.07, 6.45) is 0. The van der Waals surface area contributed by atoms with Gasteiger partial charge in [0.05, 0.1) is 5.56 Å². The van der Waals surface area contributed by atoms with E-state index < -0.39 is 0 Å². The van der Waals surface area contributed by atoms with Crippen LogP contribution in [0.2, 0.25) is 0 Å². The summed E-state index contributed by atoms with van der Waals surface area (Å²) in [6.45, 7) is 0. The first-order valence-electron chi connectivity index (χ1n) is 16.6. The van der Waals surface area contributed by atoms with Crippen molar-refractivity contribution in [2.24, 2.45) is 0 Å². The molecule has 0 spiro atoms. The van der Waals surface area contributed by atoms with Gasteiger partial charge in [-0.3, -0.25) is 0 Å². The molecule has 0 N–H and O–H groups in total. The number of fused-ring (bicyclic) bond motifs is 6. The van der Waals surface area contributed by atoms with Crippen molar-refractivity contribution in [1.29, 1.82) is 0 Å². The Labute approximate surface area is 287 Å². The Balaban J connectivity index is 1.24. The Morgan fingerprint density at radius 2 is 0.840 bits per heavy atom. The van der Waals surface area contributed by atoms with Crippen LogP contribution in [0.25, 0.3) is 100 Å². The van der Waals surface area contributed by atoms with Crippen molar-refractivity contribution in [3.8, 4) is 56.4 Å². The Morgan fingerprint density at radius 3 is 1.68 bits per heavy atom. The van der Waals surface area contributed by atoms with Crippen LogP contribution in [0.15, 0.2) is 173 Å². The van der Waals surface area contributed by atoms with Gasteiger partial charge in [-0.1, -0.05) is 133 Å². The predicted octanol–water partition coefficient (Wildman–Crippen LogP) is 12.0. The first-order valence-corrected chi connectivity index (χ1v) is 16.6. The molecule has 0 atom stereocenters. The van der Waals surface area contributed by atoms with Crippen LogP contribution < -0.4 is 0 Å². The van der Waals surface area contributed by atoms with Gasteiger partial charge >= 0.3 is 0 Å². The molecule has 0 fully saturated rings. The largest absolute Gasteiger partial charge is 0.456 e. The highest BCUT2D eigenvalue weighted by atomic mass is 16.3. The van der Waals surface area contributed by atoms with Crippen LogP contribution in [-0.2, 0) is 0 Å². The monoisotopic (exact) mass is 641 g/mol. The summed E-state index contributed by atoms with van der Waals surface area (Å²) in [4.78, 5) is 15.6. The maximum Gasteiger partial charge on any atom is 0.167 e. The second-order valence-electron chi connectivity index (χ2n) is 12.4. The van der Waals surface area contributed by atoms with Gasteiger partial charge in [0.15, 0.2) is 17.5 Å². The zero-order valence-corrected chi connectivity index (χ0v) is 26.7. The molecule has 0 bridgehead atoms. The van der Waals surface area contributed by atoms with Crippen molar-refractivity contribution >= 4 is 43.9 Å². The lowest BCUT2D eigenvalue weighted by molar-refractivity contribution is 0.668. The maximum atomic E-state index is 6.48. The molecule has 0 radical (unpaired) electrons. The van der Waals surface area contributed by atoms with E-state index in [2.05, 4.69) is 91.0 Å². The van der Waals surface area contributed by atoms with Gasteiger partial charge in [0.2, 0.25) is 0 Å². The Morgan fingerprint density at radius 1 is 0.320 bits per heavy atom. The first-order chi connectivity index (χ1) is 24.8. The molecule has 5 heteroatoms. The van der Waals surface area contributed by atoms with Crippen LogP contribution in [0.4, 0.5) is 0 Å². The lowest BCUT2D eigenvalue weighted by atomic mass is 9.95. The molecule has 10 aromatic rings. The third kappa shape index (κ3) is 4.60. The number of hydrogen-bond acceptors (Lipinski definition) is 5. The molecule has 7 aromatic carbocycles. The summed E-state index contributed by atoms with van der Waals surface area (Å²) in [5.41, 5.74) is 10.2. The molecule has 234 valence electrons. The van der Waals surface area contributed by atoms with E-state index in [4.69, 9.17) is 23.8 Å². The van der Waals surface area contributed by atoms with Crippen molar-refractivity contribution in [3.63, 3.8) is 0 Å². The van der Waals surface area contributed by atoms with E-state index in [1.807, 2.05) is 72.8 Å². The maximum absolute atomic E-state index is 6.48. The van der Waals surface area contributed by atoms with Crippen LogP contribution in [0.5, 0.6) is 0 Å². The van der Waals surface area contributed by atoms with Gasteiger partial charge in [-0.05, 0) is 52.6 Å². The molecule has 50 heavy (non-hydrogen) atoms. The van der Waals surface area contributed by atoms with Crippen molar-refractivity contribution < 1.29 is 8.83 Å². The Hall–Kier alpha value is -6.85. The minimum atomic E-state index is 0.535. The quantitative estimate of drug-likeness (QED) is 0.187. The van der Waals surface area contributed by atoms with Gasteiger partial charge in [-0.2, -0.15) is 0 Å². The Kier molecular flexibility index (Phi) is 6.42. The summed E-state index contributed by atoms with van der Waals surface area (Å²) in [5, 5.41) is 4.05. The van der Waals surface area contributed by atoms with Gasteiger partial charge in [0, 0.05) is 32.7 Å². The highest BCUT2D eigenvalue weighted by molar-refractivity contribution is 6.12. The molecule has 5 nitrogen and oxygen atoms in total. The van der Waals surface area contributed by atoms with Gasteiger partial charge in [0.25, 0.3) is 0 Å². The second-order valence-corrected chi connectivity index (χ2v) is 12.4. The minimum Gasteiger partial charge on any atom is -0.456 e. The summed E-state index contributed by atoms with van der Waals surface area (Å²) < 4.78 is 12.8. The van der Waals surface area contributed by atoms with Crippen LogP contribution >= 0.6 is 0 Å². The highest BCUT2D eigenvalue weighted by Crippen LogP contribution is 2.40. The van der Waals surface area contributed by atoms with E-state index >= 15 is 0 Å². The summed E-state index contributed by atoms with van der Waals surface area (Å²) in [6, 6.07) is 55.7.